The van der Waals surface area contributed by atoms with Gasteiger partial charge in [-0.1, -0.05) is 24.1 Å². The van der Waals surface area contributed by atoms with Gasteiger partial charge in [-0.3, -0.25) is 14.5 Å². The zero-order valence-electron chi connectivity index (χ0n) is 11.7. The summed E-state index contributed by atoms with van der Waals surface area (Å²) in [6.45, 7) is 3.55. The minimum Gasteiger partial charge on any atom is -0.302 e. The maximum atomic E-state index is 12.4. The quantitative estimate of drug-likeness (QED) is 0.748. The van der Waals surface area contributed by atoms with E-state index in [1.165, 1.54) is 24.2 Å². The first-order valence-electron chi connectivity index (χ1n) is 7.59. The number of piperidine rings is 1. The Kier molecular flexibility index (Phi) is 4.13. The zero-order chi connectivity index (χ0) is 14.1. The van der Waals surface area contributed by atoms with Crippen LogP contribution in [0.1, 0.15) is 32.1 Å². The average molecular weight is 297 g/mol. The third-order valence-electron chi connectivity index (χ3n) is 4.75. The van der Waals surface area contributed by atoms with Gasteiger partial charge in [-0.05, 0) is 38.8 Å². The number of hydrogen-bond acceptors (Lipinski definition) is 3. The van der Waals surface area contributed by atoms with Crippen LogP contribution in [0.25, 0.3) is 0 Å². The highest BCUT2D eigenvalue weighted by Gasteiger charge is 2.48. The smallest absolute Gasteiger partial charge is 0.233 e. The van der Waals surface area contributed by atoms with E-state index in [1.807, 2.05) is 6.08 Å². The van der Waals surface area contributed by atoms with Crippen molar-refractivity contribution in [2.24, 2.45) is 11.8 Å². The molecule has 0 unspecified atom stereocenters. The Morgan fingerprint density at radius 1 is 1.05 bits per heavy atom. The molecule has 0 aromatic rings. The Morgan fingerprint density at radius 2 is 1.75 bits per heavy atom. The molecular formula is C15H21ClN2O2. The fourth-order valence-corrected chi connectivity index (χ4v) is 3.80. The van der Waals surface area contributed by atoms with Crippen molar-refractivity contribution >= 4 is 23.4 Å². The first-order chi connectivity index (χ1) is 9.66. The van der Waals surface area contributed by atoms with E-state index >= 15 is 0 Å². The first kappa shape index (κ1) is 14.1. The summed E-state index contributed by atoms with van der Waals surface area (Å²) in [5.74, 6) is -0.367. The fourth-order valence-electron chi connectivity index (χ4n) is 3.54. The largest absolute Gasteiger partial charge is 0.302 e. The lowest BCUT2D eigenvalue weighted by atomic mass is 9.85. The predicted octanol–water partition coefficient (Wildman–Crippen LogP) is 1.99. The van der Waals surface area contributed by atoms with Crippen molar-refractivity contribution in [3.8, 4) is 0 Å². The van der Waals surface area contributed by atoms with E-state index in [9.17, 15) is 9.59 Å². The lowest BCUT2D eigenvalue weighted by Crippen LogP contribution is -2.40. The number of carbonyl (C=O) groups is 2. The molecule has 3 aliphatic rings. The average Bonchev–Trinajstić information content (AvgIpc) is 2.70. The van der Waals surface area contributed by atoms with Gasteiger partial charge < -0.3 is 4.90 Å². The summed E-state index contributed by atoms with van der Waals surface area (Å²) < 4.78 is 0. The molecule has 0 spiro atoms. The first-order valence-corrected chi connectivity index (χ1v) is 7.96. The molecular weight excluding hydrogens is 276 g/mol. The summed E-state index contributed by atoms with van der Waals surface area (Å²) in [6.07, 6.45) is 6.80. The predicted molar refractivity (Wildman–Crippen MR) is 77.2 cm³/mol. The highest BCUT2D eigenvalue weighted by atomic mass is 35.5. The molecule has 0 bridgehead atoms. The monoisotopic (exact) mass is 296 g/mol. The van der Waals surface area contributed by atoms with Crippen LogP contribution in [0.15, 0.2) is 11.1 Å². The molecule has 0 radical (unpaired) electrons. The second kappa shape index (κ2) is 5.86. The standard InChI is InChI=1S/C15H21ClN2O2/c16-11-4-5-12-13(10-11)15(20)18(14(12)19)9-8-17-6-2-1-3-7-17/h4,12-13H,1-3,5-10H2/t12-,13-/m0/s1. The van der Waals surface area contributed by atoms with Crippen molar-refractivity contribution < 1.29 is 9.59 Å². The van der Waals surface area contributed by atoms with Gasteiger partial charge >= 0.3 is 0 Å². The minimum absolute atomic E-state index is 0.0109. The molecule has 2 amide bonds. The van der Waals surface area contributed by atoms with Crippen LogP contribution in [0.5, 0.6) is 0 Å². The molecule has 4 nitrogen and oxygen atoms in total. The van der Waals surface area contributed by atoms with Crippen LogP contribution in [-0.4, -0.2) is 47.8 Å². The van der Waals surface area contributed by atoms with Crippen molar-refractivity contribution in [3.05, 3.63) is 11.1 Å². The van der Waals surface area contributed by atoms with E-state index in [-0.39, 0.29) is 23.7 Å². The number of allylic oxidation sites excluding steroid dienone is 2. The molecule has 2 atom stereocenters. The van der Waals surface area contributed by atoms with E-state index in [0.717, 1.165) is 24.7 Å². The van der Waals surface area contributed by atoms with Crippen LogP contribution >= 0.6 is 11.6 Å². The van der Waals surface area contributed by atoms with E-state index in [2.05, 4.69) is 4.90 Å². The highest BCUT2D eigenvalue weighted by molar-refractivity contribution is 6.30. The lowest BCUT2D eigenvalue weighted by molar-refractivity contribution is -0.140. The molecule has 2 fully saturated rings. The number of hydrogen-bond donors (Lipinski definition) is 0. The summed E-state index contributed by atoms with van der Waals surface area (Å²) in [5.41, 5.74) is 0. The number of carbonyl (C=O) groups excluding carboxylic acids is 2. The van der Waals surface area contributed by atoms with E-state index in [1.54, 1.807) is 0 Å². The van der Waals surface area contributed by atoms with Gasteiger partial charge in [0.25, 0.3) is 0 Å². The normalized spacial score (nSPS) is 31.4. The van der Waals surface area contributed by atoms with Crippen molar-refractivity contribution in [3.63, 3.8) is 0 Å². The minimum atomic E-state index is -0.207. The molecule has 0 N–H and O–H groups in total. The van der Waals surface area contributed by atoms with Crippen LogP contribution in [0.3, 0.4) is 0 Å². The maximum Gasteiger partial charge on any atom is 0.233 e. The van der Waals surface area contributed by atoms with Gasteiger partial charge in [-0.25, -0.2) is 0 Å². The van der Waals surface area contributed by atoms with Gasteiger partial charge in [0.05, 0.1) is 11.8 Å². The number of amides is 2. The summed E-state index contributed by atoms with van der Waals surface area (Å²) in [4.78, 5) is 28.6. The third kappa shape index (κ3) is 2.63. The zero-order valence-corrected chi connectivity index (χ0v) is 12.4. The Labute approximate surface area is 124 Å². The van der Waals surface area contributed by atoms with Crippen molar-refractivity contribution in [1.29, 1.82) is 0 Å². The van der Waals surface area contributed by atoms with Crippen LogP contribution in [-0.2, 0) is 9.59 Å². The van der Waals surface area contributed by atoms with Gasteiger partial charge in [-0.2, -0.15) is 0 Å². The molecule has 1 aliphatic carbocycles. The van der Waals surface area contributed by atoms with Crippen molar-refractivity contribution in [2.75, 3.05) is 26.2 Å². The van der Waals surface area contributed by atoms with Gasteiger partial charge in [-0.15, -0.1) is 0 Å². The Balaban J connectivity index is 1.60. The molecule has 20 heavy (non-hydrogen) atoms. The van der Waals surface area contributed by atoms with E-state index in [4.69, 9.17) is 11.6 Å². The summed E-state index contributed by atoms with van der Waals surface area (Å²) in [5, 5.41) is 0.727. The van der Waals surface area contributed by atoms with Crippen LogP contribution in [0.4, 0.5) is 0 Å². The number of imide groups is 1. The van der Waals surface area contributed by atoms with Gasteiger partial charge in [0.1, 0.15) is 0 Å². The Hall–Kier alpha value is -0.870. The van der Waals surface area contributed by atoms with Crippen molar-refractivity contribution in [2.45, 2.75) is 32.1 Å². The Bertz CT molecular complexity index is 443. The van der Waals surface area contributed by atoms with Gasteiger partial charge in [0.2, 0.25) is 11.8 Å². The second-order valence-corrected chi connectivity index (χ2v) is 6.52. The van der Waals surface area contributed by atoms with Gasteiger partial charge in [0.15, 0.2) is 0 Å². The summed E-state index contributed by atoms with van der Waals surface area (Å²) in [7, 11) is 0. The molecule has 0 aromatic heterocycles. The molecule has 3 rings (SSSR count). The summed E-state index contributed by atoms with van der Waals surface area (Å²) in [6, 6.07) is 0. The number of fused-ring (bicyclic) bond motifs is 1. The maximum absolute atomic E-state index is 12.4. The molecule has 0 saturated carbocycles. The number of likely N-dealkylation sites (tertiary alicyclic amines) is 2. The topological polar surface area (TPSA) is 40.6 Å². The number of halogens is 1. The number of rotatable bonds is 3. The van der Waals surface area contributed by atoms with Crippen LogP contribution < -0.4 is 0 Å². The van der Waals surface area contributed by atoms with E-state index < -0.39 is 0 Å². The fraction of sp³-hybridized carbons (Fsp3) is 0.733. The van der Waals surface area contributed by atoms with Crippen LogP contribution in [0, 0.1) is 11.8 Å². The van der Waals surface area contributed by atoms with Crippen molar-refractivity contribution in [1.82, 2.24) is 9.80 Å². The third-order valence-corrected chi connectivity index (χ3v) is 5.06. The second-order valence-electron chi connectivity index (χ2n) is 6.03. The van der Waals surface area contributed by atoms with Gasteiger partial charge in [0, 0.05) is 18.1 Å². The molecule has 5 heteroatoms. The van der Waals surface area contributed by atoms with Crippen LogP contribution in [0.2, 0.25) is 0 Å². The SMILES string of the molecule is O=C1[C@H]2CC=C(Cl)C[C@@H]2C(=O)N1CCN1CCCCC1. The molecule has 2 aliphatic heterocycles. The van der Waals surface area contributed by atoms with E-state index in [0.29, 0.717) is 19.4 Å². The highest BCUT2D eigenvalue weighted by Crippen LogP contribution is 2.38. The molecule has 0 aromatic carbocycles. The lowest BCUT2D eigenvalue weighted by Gasteiger charge is -2.28. The molecule has 2 heterocycles. The molecule has 110 valence electrons. The Morgan fingerprint density at radius 3 is 2.50 bits per heavy atom. The summed E-state index contributed by atoms with van der Waals surface area (Å²) >= 11 is 6.01. The number of nitrogens with zero attached hydrogens (tertiary/aromatic N) is 2. The molecule has 2 saturated heterocycles.